The highest BCUT2D eigenvalue weighted by atomic mass is 19.1. The van der Waals surface area contributed by atoms with Crippen LogP contribution in [0.4, 0.5) is 14.5 Å². The number of hydrogen-bond acceptors (Lipinski definition) is 2. The first kappa shape index (κ1) is 11.3. The Bertz CT molecular complexity index is 347. The number of nitrogen functional groups attached to an aromatic ring is 1. The van der Waals surface area contributed by atoms with E-state index in [2.05, 4.69) is 0 Å². The highest BCUT2D eigenvalue weighted by Gasteiger charge is 2.26. The van der Waals surface area contributed by atoms with E-state index >= 15 is 0 Å². The largest absolute Gasteiger partial charge is 0.399 e. The minimum absolute atomic E-state index is 0.0351. The van der Waals surface area contributed by atoms with E-state index in [1.54, 1.807) is 11.0 Å². The van der Waals surface area contributed by atoms with Gasteiger partial charge >= 0.3 is 0 Å². The van der Waals surface area contributed by atoms with Crippen LogP contribution in [0.25, 0.3) is 0 Å². The summed E-state index contributed by atoms with van der Waals surface area (Å²) in [5, 5.41) is 0. The van der Waals surface area contributed by atoms with Crippen molar-refractivity contribution in [1.29, 1.82) is 0 Å². The van der Waals surface area contributed by atoms with E-state index in [0.29, 0.717) is 25.3 Å². The zero-order chi connectivity index (χ0) is 11.5. The second kappa shape index (κ2) is 4.78. The van der Waals surface area contributed by atoms with Gasteiger partial charge in [0.15, 0.2) is 0 Å². The summed E-state index contributed by atoms with van der Waals surface area (Å²) < 4.78 is 26.3. The fourth-order valence-corrected chi connectivity index (χ4v) is 2.14. The molecule has 1 heterocycles. The molecule has 88 valence electrons. The highest BCUT2D eigenvalue weighted by Crippen LogP contribution is 2.19. The van der Waals surface area contributed by atoms with Gasteiger partial charge in [-0.25, -0.2) is 8.78 Å². The van der Waals surface area contributed by atoms with Gasteiger partial charge in [-0.3, -0.25) is 4.90 Å². The molecule has 0 bridgehead atoms. The van der Waals surface area contributed by atoms with Crippen LogP contribution in [-0.2, 0) is 6.54 Å². The van der Waals surface area contributed by atoms with Gasteiger partial charge in [0.1, 0.15) is 12.3 Å². The molecule has 2 nitrogen and oxygen atoms in total. The molecule has 1 aliphatic heterocycles. The van der Waals surface area contributed by atoms with E-state index < -0.39 is 12.3 Å². The number of benzene rings is 1. The van der Waals surface area contributed by atoms with Crippen LogP contribution in [0, 0.1) is 0 Å². The zero-order valence-electron chi connectivity index (χ0n) is 9.07. The molecule has 0 unspecified atom stereocenters. The first-order valence-corrected chi connectivity index (χ1v) is 5.48. The average molecular weight is 226 g/mol. The summed E-state index contributed by atoms with van der Waals surface area (Å²) in [6.45, 7) is 1.19. The average Bonchev–Trinajstić information content (AvgIpc) is 2.15. The topological polar surface area (TPSA) is 29.3 Å². The molecule has 0 amide bonds. The number of nitrogens with zero attached hydrogens (tertiary/aromatic N) is 1. The van der Waals surface area contributed by atoms with Gasteiger partial charge in [-0.15, -0.1) is 0 Å². The summed E-state index contributed by atoms with van der Waals surface area (Å²) in [7, 11) is 0. The van der Waals surface area contributed by atoms with E-state index in [9.17, 15) is 8.78 Å². The quantitative estimate of drug-likeness (QED) is 0.783. The van der Waals surface area contributed by atoms with E-state index in [1.807, 2.05) is 18.2 Å². The van der Waals surface area contributed by atoms with Crippen molar-refractivity contribution < 1.29 is 8.78 Å². The first-order valence-electron chi connectivity index (χ1n) is 5.48. The molecule has 16 heavy (non-hydrogen) atoms. The minimum Gasteiger partial charge on any atom is -0.399 e. The zero-order valence-corrected chi connectivity index (χ0v) is 9.07. The standard InChI is InChI=1S/C12H16F2N2/c13-10-5-11(14)8-16(7-10)6-9-2-1-3-12(15)4-9/h1-4,10-11H,5-8,15H2/t10-,11+. The van der Waals surface area contributed by atoms with Crippen molar-refractivity contribution in [2.24, 2.45) is 0 Å². The molecular weight excluding hydrogens is 210 g/mol. The number of rotatable bonds is 2. The fourth-order valence-electron chi connectivity index (χ4n) is 2.14. The van der Waals surface area contributed by atoms with Gasteiger partial charge in [0.05, 0.1) is 0 Å². The molecule has 1 aromatic rings. The molecule has 4 heteroatoms. The summed E-state index contributed by atoms with van der Waals surface area (Å²) >= 11 is 0. The first-order chi connectivity index (χ1) is 7.63. The second-order valence-electron chi connectivity index (χ2n) is 4.37. The van der Waals surface area contributed by atoms with Crippen LogP contribution in [0.15, 0.2) is 24.3 Å². The van der Waals surface area contributed by atoms with Crippen molar-refractivity contribution in [3.63, 3.8) is 0 Å². The van der Waals surface area contributed by atoms with Crippen molar-refractivity contribution >= 4 is 5.69 Å². The highest BCUT2D eigenvalue weighted by molar-refractivity contribution is 5.40. The lowest BCUT2D eigenvalue weighted by Crippen LogP contribution is -2.41. The van der Waals surface area contributed by atoms with E-state index in [0.717, 1.165) is 5.56 Å². The fraction of sp³-hybridized carbons (Fsp3) is 0.500. The lowest BCUT2D eigenvalue weighted by Gasteiger charge is -2.31. The second-order valence-corrected chi connectivity index (χ2v) is 4.37. The Morgan fingerprint density at radius 1 is 1.25 bits per heavy atom. The van der Waals surface area contributed by atoms with Gasteiger partial charge < -0.3 is 5.73 Å². The molecule has 0 saturated carbocycles. The molecule has 2 N–H and O–H groups in total. The molecule has 0 radical (unpaired) electrons. The third kappa shape index (κ3) is 2.92. The van der Waals surface area contributed by atoms with Crippen LogP contribution in [0.1, 0.15) is 12.0 Å². The Morgan fingerprint density at radius 3 is 2.56 bits per heavy atom. The van der Waals surface area contributed by atoms with Gasteiger partial charge in [-0.2, -0.15) is 0 Å². The molecule has 1 aliphatic rings. The third-order valence-electron chi connectivity index (χ3n) is 2.78. The van der Waals surface area contributed by atoms with Crippen LogP contribution in [0.5, 0.6) is 0 Å². The number of anilines is 1. The summed E-state index contributed by atoms with van der Waals surface area (Å²) in [6.07, 6.45) is -2.07. The molecule has 2 rings (SSSR count). The summed E-state index contributed by atoms with van der Waals surface area (Å²) in [5.41, 5.74) is 7.34. The SMILES string of the molecule is Nc1cccc(CN2C[C@H](F)C[C@H](F)C2)c1. The number of likely N-dealkylation sites (tertiary alicyclic amines) is 1. The van der Waals surface area contributed by atoms with Crippen molar-refractivity contribution in [3.8, 4) is 0 Å². The van der Waals surface area contributed by atoms with Crippen molar-refractivity contribution in [3.05, 3.63) is 29.8 Å². The molecule has 1 aromatic carbocycles. The lowest BCUT2D eigenvalue weighted by molar-refractivity contribution is 0.0695. The predicted molar refractivity (Wildman–Crippen MR) is 60.5 cm³/mol. The van der Waals surface area contributed by atoms with Crippen LogP contribution in [-0.4, -0.2) is 30.3 Å². The molecular formula is C12H16F2N2. The Hall–Kier alpha value is -1.16. The monoisotopic (exact) mass is 226 g/mol. The lowest BCUT2D eigenvalue weighted by atomic mass is 10.1. The summed E-state index contributed by atoms with van der Waals surface area (Å²) in [5.74, 6) is 0. The van der Waals surface area contributed by atoms with Gasteiger partial charge in [-0.1, -0.05) is 12.1 Å². The molecule has 0 aromatic heterocycles. The number of alkyl halides is 2. The number of nitrogens with two attached hydrogens (primary N) is 1. The smallest absolute Gasteiger partial charge is 0.116 e. The Kier molecular flexibility index (Phi) is 3.39. The Labute approximate surface area is 94.0 Å². The molecule has 1 saturated heterocycles. The maximum atomic E-state index is 13.2. The van der Waals surface area contributed by atoms with Gasteiger partial charge in [0.2, 0.25) is 0 Å². The van der Waals surface area contributed by atoms with Gasteiger partial charge in [0, 0.05) is 31.7 Å². The third-order valence-corrected chi connectivity index (χ3v) is 2.78. The number of halogens is 2. The molecule has 1 fully saturated rings. The van der Waals surface area contributed by atoms with Crippen molar-refractivity contribution in [1.82, 2.24) is 4.90 Å². The molecule has 0 spiro atoms. The van der Waals surface area contributed by atoms with Crippen LogP contribution < -0.4 is 5.73 Å². The number of piperidine rings is 1. The van der Waals surface area contributed by atoms with Crippen LogP contribution in [0.2, 0.25) is 0 Å². The minimum atomic E-state index is -1.05. The van der Waals surface area contributed by atoms with E-state index in [4.69, 9.17) is 5.73 Å². The van der Waals surface area contributed by atoms with Gasteiger partial charge in [-0.05, 0) is 17.7 Å². The van der Waals surface area contributed by atoms with E-state index in [-0.39, 0.29) is 6.42 Å². The number of hydrogen-bond donors (Lipinski definition) is 1. The van der Waals surface area contributed by atoms with Gasteiger partial charge in [0.25, 0.3) is 0 Å². The predicted octanol–water partition coefficient (Wildman–Crippen LogP) is 2.15. The maximum Gasteiger partial charge on any atom is 0.116 e. The Morgan fingerprint density at radius 2 is 1.94 bits per heavy atom. The van der Waals surface area contributed by atoms with Crippen LogP contribution in [0.3, 0.4) is 0 Å². The van der Waals surface area contributed by atoms with Crippen molar-refractivity contribution in [2.75, 3.05) is 18.8 Å². The summed E-state index contributed by atoms with van der Waals surface area (Å²) in [6, 6.07) is 7.42. The van der Waals surface area contributed by atoms with E-state index in [1.165, 1.54) is 0 Å². The molecule has 2 atom stereocenters. The van der Waals surface area contributed by atoms with Crippen LogP contribution >= 0.6 is 0 Å². The summed E-state index contributed by atoms with van der Waals surface area (Å²) in [4.78, 5) is 1.80. The van der Waals surface area contributed by atoms with Crippen molar-refractivity contribution in [2.45, 2.75) is 25.3 Å². The maximum absolute atomic E-state index is 13.2. The normalized spacial score (nSPS) is 26.9. The molecule has 0 aliphatic carbocycles. The Balaban J connectivity index is 1.98.